The van der Waals surface area contributed by atoms with Gasteiger partial charge in [-0.3, -0.25) is 0 Å². The summed E-state index contributed by atoms with van der Waals surface area (Å²) in [5, 5.41) is 35.2. The summed E-state index contributed by atoms with van der Waals surface area (Å²) in [4.78, 5) is -0.174. The summed E-state index contributed by atoms with van der Waals surface area (Å²) in [6, 6.07) is 3.72. The monoisotopic (exact) mass is 291 g/mol. The molecule has 19 heavy (non-hydrogen) atoms. The van der Waals surface area contributed by atoms with E-state index in [1.165, 1.54) is 18.2 Å². The zero-order valence-corrected chi connectivity index (χ0v) is 10.9. The van der Waals surface area contributed by atoms with Crippen molar-refractivity contribution >= 4 is 21.4 Å². The highest BCUT2D eigenvalue weighted by Gasteiger charge is 2.28. The molecule has 0 atom stereocenters. The Hall–Kier alpha value is -1.39. The van der Waals surface area contributed by atoms with Crippen LogP contribution in [0.15, 0.2) is 23.1 Å². The van der Waals surface area contributed by atoms with E-state index in [0.29, 0.717) is 0 Å². The number of nitrogen functional groups attached to an aromatic ring is 1. The Balaban J connectivity index is 3.20. The highest BCUT2D eigenvalue weighted by Crippen LogP contribution is 2.25. The van der Waals surface area contributed by atoms with E-state index in [4.69, 9.17) is 10.9 Å². The maximum Gasteiger partial charge on any atom is 0.238 e. The molecule has 9 heteroatoms. The van der Waals surface area contributed by atoms with Crippen LogP contribution in [0.5, 0.6) is 0 Å². The molecular formula is C10H17N3O5S. The molecule has 0 heterocycles. The number of nitrogens with one attached hydrogen (secondary N) is 1. The van der Waals surface area contributed by atoms with E-state index in [-0.39, 0.29) is 16.3 Å². The van der Waals surface area contributed by atoms with Crippen LogP contribution in [0.3, 0.4) is 0 Å². The van der Waals surface area contributed by atoms with E-state index in [2.05, 4.69) is 5.32 Å². The Morgan fingerprint density at radius 1 is 1.16 bits per heavy atom. The summed E-state index contributed by atoms with van der Waals surface area (Å²) in [7, 11) is -3.90. The summed E-state index contributed by atoms with van der Waals surface area (Å²) >= 11 is 0. The molecule has 0 bridgehead atoms. The van der Waals surface area contributed by atoms with Gasteiger partial charge in [0.25, 0.3) is 0 Å². The maximum absolute atomic E-state index is 11.2. The predicted octanol–water partition coefficient (Wildman–Crippen LogP) is -1.96. The zero-order chi connectivity index (χ0) is 14.7. The van der Waals surface area contributed by atoms with Gasteiger partial charge in [-0.1, -0.05) is 0 Å². The summed E-state index contributed by atoms with van der Waals surface area (Å²) in [5.41, 5.74) is 4.58. The molecule has 0 amide bonds. The minimum absolute atomic E-state index is 0.142. The van der Waals surface area contributed by atoms with Crippen molar-refractivity contribution in [3.8, 4) is 0 Å². The molecule has 108 valence electrons. The molecule has 0 aromatic heterocycles. The molecule has 1 aromatic rings. The molecule has 0 fully saturated rings. The number of nitrogens with two attached hydrogens (primary N) is 2. The topological polar surface area (TPSA) is 159 Å². The number of benzene rings is 1. The van der Waals surface area contributed by atoms with E-state index in [0.717, 1.165) is 0 Å². The van der Waals surface area contributed by atoms with Gasteiger partial charge in [0.1, 0.15) is 5.54 Å². The van der Waals surface area contributed by atoms with E-state index in [9.17, 15) is 23.7 Å². The SMILES string of the molecule is Nc1ccc(S(N)(=O)=O)cc1NC(CO)(CO)CO. The standard InChI is InChI=1S/C10H17N3O5S/c11-8-2-1-7(19(12,17)18)3-9(8)13-10(4-14,5-15)6-16/h1-3,13-16H,4-6,11H2,(H2,12,17,18). The van der Waals surface area contributed by atoms with Crippen molar-refractivity contribution in [1.29, 1.82) is 0 Å². The average Bonchev–Trinajstić information content (AvgIpc) is 2.37. The number of aliphatic hydroxyl groups excluding tert-OH is 3. The zero-order valence-electron chi connectivity index (χ0n) is 10.1. The Kier molecular flexibility index (Phi) is 4.71. The van der Waals surface area contributed by atoms with Crippen molar-refractivity contribution in [2.24, 2.45) is 5.14 Å². The number of anilines is 2. The lowest BCUT2D eigenvalue weighted by Gasteiger charge is -2.30. The summed E-state index contributed by atoms with van der Waals surface area (Å²) in [5.74, 6) is 0. The van der Waals surface area contributed by atoms with Gasteiger partial charge in [-0.2, -0.15) is 0 Å². The first-order valence-corrected chi connectivity index (χ1v) is 6.86. The van der Waals surface area contributed by atoms with E-state index < -0.39 is 35.4 Å². The van der Waals surface area contributed by atoms with Gasteiger partial charge in [0.05, 0.1) is 36.1 Å². The number of hydrogen-bond donors (Lipinski definition) is 6. The second kappa shape index (κ2) is 5.72. The first-order valence-electron chi connectivity index (χ1n) is 5.31. The normalized spacial score (nSPS) is 12.4. The number of primary sulfonamides is 1. The van der Waals surface area contributed by atoms with Crippen LogP contribution in [0, 0.1) is 0 Å². The van der Waals surface area contributed by atoms with Crippen LogP contribution < -0.4 is 16.2 Å². The molecule has 8 nitrogen and oxygen atoms in total. The lowest BCUT2D eigenvalue weighted by Crippen LogP contribution is -2.49. The molecular weight excluding hydrogens is 274 g/mol. The minimum atomic E-state index is -3.90. The first-order chi connectivity index (χ1) is 8.78. The van der Waals surface area contributed by atoms with Crippen LogP contribution in [0.25, 0.3) is 0 Å². The summed E-state index contributed by atoms with van der Waals surface area (Å²) in [6.45, 7) is -1.71. The van der Waals surface area contributed by atoms with Crippen LogP contribution >= 0.6 is 0 Å². The predicted molar refractivity (Wildman–Crippen MR) is 69.8 cm³/mol. The number of aliphatic hydroxyl groups is 3. The van der Waals surface area contributed by atoms with Crippen molar-refractivity contribution in [3.63, 3.8) is 0 Å². The summed E-state index contributed by atoms with van der Waals surface area (Å²) < 4.78 is 22.5. The van der Waals surface area contributed by atoms with Crippen LogP contribution in [-0.4, -0.2) is 49.1 Å². The Morgan fingerprint density at radius 3 is 2.11 bits per heavy atom. The number of hydrogen-bond acceptors (Lipinski definition) is 7. The number of rotatable bonds is 6. The average molecular weight is 291 g/mol. The third-order valence-electron chi connectivity index (χ3n) is 2.66. The van der Waals surface area contributed by atoms with Gasteiger partial charge >= 0.3 is 0 Å². The second-order valence-corrected chi connectivity index (χ2v) is 5.74. The molecule has 0 unspecified atom stereocenters. The minimum Gasteiger partial charge on any atom is -0.397 e. The van der Waals surface area contributed by atoms with Crippen LogP contribution in [-0.2, 0) is 10.0 Å². The van der Waals surface area contributed by atoms with Crippen molar-refractivity contribution < 1.29 is 23.7 Å². The largest absolute Gasteiger partial charge is 0.397 e. The molecule has 0 spiro atoms. The number of sulfonamides is 1. The molecule has 0 aliphatic carbocycles. The van der Waals surface area contributed by atoms with Gasteiger partial charge < -0.3 is 26.4 Å². The fourth-order valence-electron chi connectivity index (χ4n) is 1.37. The molecule has 1 aromatic carbocycles. The van der Waals surface area contributed by atoms with E-state index >= 15 is 0 Å². The molecule has 0 aliphatic rings. The molecule has 8 N–H and O–H groups in total. The lowest BCUT2D eigenvalue weighted by atomic mass is 10.0. The quantitative estimate of drug-likeness (QED) is 0.332. The molecule has 1 rings (SSSR count). The van der Waals surface area contributed by atoms with E-state index in [1.807, 2.05) is 0 Å². The highest BCUT2D eigenvalue weighted by atomic mass is 32.2. The lowest BCUT2D eigenvalue weighted by molar-refractivity contribution is 0.0834. The van der Waals surface area contributed by atoms with Crippen molar-refractivity contribution in [2.45, 2.75) is 10.4 Å². The van der Waals surface area contributed by atoms with Gasteiger partial charge in [0, 0.05) is 0 Å². The van der Waals surface area contributed by atoms with Gasteiger partial charge in [0.2, 0.25) is 10.0 Å². The Bertz CT molecular complexity index is 534. The van der Waals surface area contributed by atoms with Gasteiger partial charge in [0.15, 0.2) is 0 Å². The maximum atomic E-state index is 11.2. The second-order valence-electron chi connectivity index (χ2n) is 4.17. The highest BCUT2D eigenvalue weighted by molar-refractivity contribution is 7.89. The summed E-state index contributed by atoms with van der Waals surface area (Å²) in [6.07, 6.45) is 0. The molecule has 0 aliphatic heterocycles. The van der Waals surface area contributed by atoms with Crippen LogP contribution in [0.2, 0.25) is 0 Å². The molecule has 0 saturated heterocycles. The molecule has 0 radical (unpaired) electrons. The van der Waals surface area contributed by atoms with Crippen molar-refractivity contribution in [2.75, 3.05) is 30.9 Å². The Morgan fingerprint density at radius 2 is 1.68 bits per heavy atom. The fraction of sp³-hybridized carbons (Fsp3) is 0.400. The fourth-order valence-corrected chi connectivity index (χ4v) is 1.91. The van der Waals surface area contributed by atoms with Gasteiger partial charge in [-0.25, -0.2) is 13.6 Å². The third kappa shape index (κ3) is 3.55. The van der Waals surface area contributed by atoms with Gasteiger partial charge in [-0.05, 0) is 18.2 Å². The van der Waals surface area contributed by atoms with Crippen molar-refractivity contribution in [1.82, 2.24) is 0 Å². The molecule has 0 saturated carbocycles. The van der Waals surface area contributed by atoms with Crippen LogP contribution in [0.1, 0.15) is 0 Å². The first kappa shape index (κ1) is 15.7. The smallest absolute Gasteiger partial charge is 0.238 e. The Labute approximate surface area is 110 Å². The van der Waals surface area contributed by atoms with Gasteiger partial charge in [-0.15, -0.1) is 0 Å². The van der Waals surface area contributed by atoms with Crippen molar-refractivity contribution in [3.05, 3.63) is 18.2 Å². The third-order valence-corrected chi connectivity index (χ3v) is 3.57. The van der Waals surface area contributed by atoms with E-state index in [1.54, 1.807) is 0 Å². The van der Waals surface area contributed by atoms with Crippen LogP contribution in [0.4, 0.5) is 11.4 Å².